The van der Waals surface area contributed by atoms with Gasteiger partial charge < -0.3 is 17.3 Å². The molecule has 0 N–H and O–H groups in total. The minimum Gasteiger partial charge on any atom is -0.418 e. The molecule has 2 rings (SSSR count). The minimum absolute atomic E-state index is 1.07. The van der Waals surface area contributed by atoms with E-state index in [1.807, 2.05) is 11.3 Å². The number of hydrogen-bond acceptors (Lipinski definition) is 1. The number of aromatic nitrogens is 1. The van der Waals surface area contributed by atoms with Crippen molar-refractivity contribution in [1.82, 2.24) is 0 Å². The van der Waals surface area contributed by atoms with E-state index in [0.717, 1.165) is 6.54 Å². The molecule has 17 heavy (non-hydrogen) atoms. The quantitative estimate of drug-likeness (QED) is 0.419. The van der Waals surface area contributed by atoms with E-state index < -0.39 is 7.25 Å². The summed E-state index contributed by atoms with van der Waals surface area (Å²) in [5, 5.41) is 1.39. The van der Waals surface area contributed by atoms with Crippen LogP contribution < -0.4 is 4.57 Å². The number of aryl methyl sites for hydroxylation is 2. The van der Waals surface area contributed by atoms with Gasteiger partial charge in [-0.3, -0.25) is 0 Å². The Hall–Kier alpha value is -1.11. The van der Waals surface area contributed by atoms with Crippen molar-refractivity contribution in [3.8, 4) is 0 Å². The number of fused-ring (bicyclic) bond motifs is 1. The van der Waals surface area contributed by atoms with Gasteiger partial charge in [0.25, 0.3) is 0 Å². The zero-order chi connectivity index (χ0) is 13.1. The molecule has 0 bridgehead atoms. The lowest BCUT2D eigenvalue weighted by molar-refractivity contribution is -0.669. The third-order valence-electron chi connectivity index (χ3n) is 2.11. The van der Waals surface area contributed by atoms with E-state index in [2.05, 4.69) is 42.7 Å². The molecule has 94 valence electrons. The molecular formula is C10H12BF4NS. The molecule has 1 aromatic carbocycles. The minimum atomic E-state index is -6.00. The van der Waals surface area contributed by atoms with Crippen LogP contribution in [0.25, 0.3) is 10.2 Å². The highest BCUT2D eigenvalue weighted by atomic mass is 32.1. The van der Waals surface area contributed by atoms with Crippen LogP contribution >= 0.6 is 11.3 Å². The van der Waals surface area contributed by atoms with Gasteiger partial charge in [0, 0.05) is 13.0 Å². The molecule has 0 amide bonds. The first-order valence-electron chi connectivity index (χ1n) is 5.08. The van der Waals surface area contributed by atoms with Crippen molar-refractivity contribution >= 4 is 28.8 Å². The summed E-state index contributed by atoms with van der Waals surface area (Å²) in [5.74, 6) is 0. The lowest BCUT2D eigenvalue weighted by Crippen LogP contribution is -2.33. The van der Waals surface area contributed by atoms with Gasteiger partial charge in [0.15, 0.2) is 0 Å². The molecule has 0 saturated carbocycles. The fraction of sp³-hybridized carbons (Fsp3) is 0.300. The maximum Gasteiger partial charge on any atom is 0.673 e. The van der Waals surface area contributed by atoms with Crippen LogP contribution in [0.2, 0.25) is 0 Å². The normalized spacial score (nSPS) is 11.2. The van der Waals surface area contributed by atoms with Gasteiger partial charge in [-0.2, -0.15) is 4.57 Å². The van der Waals surface area contributed by atoms with E-state index in [9.17, 15) is 17.3 Å². The zero-order valence-electron chi connectivity index (χ0n) is 9.46. The number of halogens is 4. The van der Waals surface area contributed by atoms with Crippen LogP contribution in [-0.4, -0.2) is 7.25 Å². The second kappa shape index (κ2) is 5.49. The number of hydrogen-bond donors (Lipinski definition) is 0. The molecule has 0 atom stereocenters. The molecule has 1 heterocycles. The Kier molecular flexibility index (Phi) is 4.50. The second-order valence-electron chi connectivity index (χ2n) is 3.33. The zero-order valence-corrected chi connectivity index (χ0v) is 10.3. The molecule has 1 aromatic heterocycles. The number of para-hydroxylation sites is 1. The third-order valence-corrected chi connectivity index (χ3v) is 3.19. The molecule has 0 spiro atoms. The van der Waals surface area contributed by atoms with E-state index in [4.69, 9.17) is 0 Å². The Bertz CT molecular complexity index is 489. The molecule has 0 aliphatic heterocycles. The summed E-state index contributed by atoms with van der Waals surface area (Å²) in [4.78, 5) is 0. The van der Waals surface area contributed by atoms with Crippen molar-refractivity contribution in [3.05, 3.63) is 29.3 Å². The first-order valence-corrected chi connectivity index (χ1v) is 5.90. The summed E-state index contributed by atoms with van der Waals surface area (Å²) in [6.45, 7) is 5.43. The summed E-state index contributed by atoms with van der Waals surface area (Å²) < 4.78 is 42.7. The Morgan fingerprint density at radius 1 is 1.18 bits per heavy atom. The Balaban J connectivity index is 0.000000249. The molecule has 7 heteroatoms. The summed E-state index contributed by atoms with van der Waals surface area (Å²) >= 11 is 1.87. The third kappa shape index (κ3) is 4.34. The fourth-order valence-electron chi connectivity index (χ4n) is 1.54. The van der Waals surface area contributed by atoms with E-state index in [0.29, 0.717) is 0 Å². The predicted molar refractivity (Wildman–Crippen MR) is 62.6 cm³/mol. The fourth-order valence-corrected chi connectivity index (χ4v) is 2.63. The summed E-state index contributed by atoms with van der Waals surface area (Å²) in [6, 6.07) is 8.56. The van der Waals surface area contributed by atoms with Crippen LogP contribution in [0.15, 0.2) is 24.3 Å². The highest BCUT2D eigenvalue weighted by Crippen LogP contribution is 2.18. The number of thiazole rings is 1. The number of benzene rings is 1. The van der Waals surface area contributed by atoms with Crippen molar-refractivity contribution < 1.29 is 21.8 Å². The van der Waals surface area contributed by atoms with E-state index in [-0.39, 0.29) is 0 Å². The molecular weight excluding hydrogens is 253 g/mol. The smallest absolute Gasteiger partial charge is 0.418 e. The average Bonchev–Trinajstić information content (AvgIpc) is 2.50. The number of rotatable bonds is 1. The van der Waals surface area contributed by atoms with Gasteiger partial charge in [0.05, 0.1) is 0 Å². The molecule has 2 aromatic rings. The Morgan fingerprint density at radius 2 is 1.71 bits per heavy atom. The van der Waals surface area contributed by atoms with E-state index >= 15 is 0 Å². The van der Waals surface area contributed by atoms with Gasteiger partial charge in [-0.1, -0.05) is 23.5 Å². The lowest BCUT2D eigenvalue weighted by atomic mass is 10.3. The van der Waals surface area contributed by atoms with Gasteiger partial charge in [-0.05, 0) is 13.0 Å². The highest BCUT2D eigenvalue weighted by molar-refractivity contribution is 7.18. The van der Waals surface area contributed by atoms with Crippen molar-refractivity contribution in [2.75, 3.05) is 0 Å². The molecule has 0 radical (unpaired) electrons. The van der Waals surface area contributed by atoms with Crippen LogP contribution in [0.1, 0.15) is 11.9 Å². The van der Waals surface area contributed by atoms with Gasteiger partial charge in [-0.15, -0.1) is 0 Å². The molecule has 0 aliphatic carbocycles. The first kappa shape index (κ1) is 14.0. The highest BCUT2D eigenvalue weighted by Gasteiger charge is 2.20. The van der Waals surface area contributed by atoms with Crippen molar-refractivity contribution in [2.45, 2.75) is 20.4 Å². The molecule has 0 fully saturated rings. The summed E-state index contributed by atoms with van der Waals surface area (Å²) in [6.07, 6.45) is 0. The van der Waals surface area contributed by atoms with E-state index in [1.54, 1.807) is 0 Å². The number of nitrogens with zero attached hydrogens (tertiary/aromatic N) is 1. The maximum absolute atomic E-state index is 9.75. The van der Waals surface area contributed by atoms with E-state index in [1.165, 1.54) is 15.2 Å². The SMILES string of the molecule is CC[n+]1c(C)sc2ccccc21.F[B-](F)(F)F. The first-order chi connectivity index (χ1) is 7.83. The van der Waals surface area contributed by atoms with Crippen molar-refractivity contribution in [2.24, 2.45) is 0 Å². The molecule has 1 nitrogen and oxygen atoms in total. The lowest BCUT2D eigenvalue weighted by Gasteiger charge is -1.94. The second-order valence-corrected chi connectivity index (χ2v) is 4.56. The summed E-state index contributed by atoms with van der Waals surface area (Å²) in [5.41, 5.74) is 1.36. The Labute approximate surface area is 101 Å². The van der Waals surface area contributed by atoms with Gasteiger partial charge >= 0.3 is 7.25 Å². The topological polar surface area (TPSA) is 3.88 Å². The Morgan fingerprint density at radius 3 is 2.24 bits per heavy atom. The van der Waals surface area contributed by atoms with Gasteiger partial charge in [-0.25, -0.2) is 0 Å². The molecule has 0 saturated heterocycles. The van der Waals surface area contributed by atoms with Crippen LogP contribution in [0.4, 0.5) is 17.3 Å². The summed E-state index contributed by atoms with van der Waals surface area (Å²) in [7, 11) is -6.00. The van der Waals surface area contributed by atoms with Crippen LogP contribution in [0.5, 0.6) is 0 Å². The van der Waals surface area contributed by atoms with Gasteiger partial charge in [0.2, 0.25) is 10.5 Å². The van der Waals surface area contributed by atoms with Crippen LogP contribution in [-0.2, 0) is 6.54 Å². The van der Waals surface area contributed by atoms with Gasteiger partial charge in [0.1, 0.15) is 11.2 Å². The van der Waals surface area contributed by atoms with Crippen molar-refractivity contribution in [1.29, 1.82) is 0 Å². The standard InChI is InChI=1S/C10H12NS.BF4/c1-3-11-8(2)12-10-7-5-4-6-9(10)11;2-1(3,4)5/h4-7H,3H2,1-2H3;/q+1;-1. The van der Waals surface area contributed by atoms with Crippen LogP contribution in [0.3, 0.4) is 0 Å². The maximum atomic E-state index is 9.75. The predicted octanol–water partition coefficient (Wildman–Crippen LogP) is 3.82. The largest absolute Gasteiger partial charge is 0.673 e. The van der Waals surface area contributed by atoms with Crippen LogP contribution in [0, 0.1) is 6.92 Å². The monoisotopic (exact) mass is 265 g/mol. The van der Waals surface area contributed by atoms with Crippen molar-refractivity contribution in [3.63, 3.8) is 0 Å². The molecule has 0 unspecified atom stereocenters. The molecule has 0 aliphatic rings. The average molecular weight is 265 g/mol.